The number of carbonyl (C=O) groups excluding carboxylic acids is 1. The van der Waals surface area contributed by atoms with Gasteiger partial charge in [0.2, 0.25) is 5.82 Å². The summed E-state index contributed by atoms with van der Waals surface area (Å²) in [6.45, 7) is 0. The second-order valence-electron chi connectivity index (χ2n) is 4.97. The minimum Gasteiger partial charge on any atom is -0.497 e. The maximum atomic E-state index is 12.3. The molecule has 8 nitrogen and oxygen atoms in total. The Morgan fingerprint density at radius 1 is 1.04 bits per heavy atom. The molecule has 0 amide bonds. The van der Waals surface area contributed by atoms with Crippen LogP contribution in [0, 0.1) is 0 Å². The van der Waals surface area contributed by atoms with Gasteiger partial charge in [-0.05, 0) is 36.4 Å². The van der Waals surface area contributed by atoms with Gasteiger partial charge >= 0.3 is 16.1 Å². The van der Waals surface area contributed by atoms with Gasteiger partial charge in [0.05, 0.1) is 25.3 Å². The van der Waals surface area contributed by atoms with Gasteiger partial charge in [0.15, 0.2) is 0 Å². The average molecular weight is 362 g/mol. The van der Waals surface area contributed by atoms with Crippen LogP contribution in [0.5, 0.6) is 11.5 Å². The summed E-state index contributed by atoms with van der Waals surface area (Å²) in [4.78, 5) is 18.3. The summed E-state index contributed by atoms with van der Waals surface area (Å²) >= 11 is 0. The first-order valence-electron chi connectivity index (χ1n) is 7.09. The molecule has 130 valence electrons. The molecular formula is C16H14N2O6S. The molecule has 0 saturated heterocycles. The first-order valence-corrected chi connectivity index (χ1v) is 8.50. The van der Waals surface area contributed by atoms with E-state index in [9.17, 15) is 13.2 Å². The summed E-state index contributed by atoms with van der Waals surface area (Å²) in [5, 5.41) is 0. The lowest BCUT2D eigenvalue weighted by molar-refractivity contribution is 0.0588. The predicted molar refractivity (Wildman–Crippen MR) is 88.2 cm³/mol. The van der Waals surface area contributed by atoms with Gasteiger partial charge in [-0.1, -0.05) is 0 Å². The van der Waals surface area contributed by atoms with E-state index >= 15 is 0 Å². The predicted octanol–water partition coefficient (Wildman–Crippen LogP) is 2.13. The SMILES string of the molecule is COC(=O)c1nc2ccc(OS(=O)(=O)c3ccc(OC)cc3)cc2[nH]1. The van der Waals surface area contributed by atoms with Gasteiger partial charge in [0.1, 0.15) is 16.4 Å². The van der Waals surface area contributed by atoms with Crippen LogP contribution in [0.25, 0.3) is 11.0 Å². The van der Waals surface area contributed by atoms with Crippen molar-refractivity contribution in [2.75, 3.05) is 14.2 Å². The number of aromatic nitrogens is 2. The van der Waals surface area contributed by atoms with E-state index < -0.39 is 16.1 Å². The van der Waals surface area contributed by atoms with E-state index in [0.717, 1.165) is 0 Å². The summed E-state index contributed by atoms with van der Waals surface area (Å²) in [6.07, 6.45) is 0. The molecular weight excluding hydrogens is 348 g/mol. The Morgan fingerprint density at radius 2 is 1.72 bits per heavy atom. The lowest BCUT2D eigenvalue weighted by atomic mass is 10.3. The topological polar surface area (TPSA) is 108 Å². The van der Waals surface area contributed by atoms with Crippen LogP contribution in [-0.4, -0.2) is 38.6 Å². The number of carbonyl (C=O) groups is 1. The number of imidazole rings is 1. The van der Waals surface area contributed by atoms with Crippen LogP contribution in [0.1, 0.15) is 10.6 Å². The molecule has 0 radical (unpaired) electrons. The number of nitrogens with one attached hydrogen (secondary N) is 1. The Balaban J connectivity index is 1.89. The van der Waals surface area contributed by atoms with Gasteiger partial charge in [-0.25, -0.2) is 9.78 Å². The normalized spacial score (nSPS) is 11.3. The van der Waals surface area contributed by atoms with Crippen molar-refractivity contribution in [3.8, 4) is 11.5 Å². The van der Waals surface area contributed by atoms with E-state index in [2.05, 4.69) is 14.7 Å². The number of nitrogens with zero attached hydrogens (tertiary/aromatic N) is 1. The molecule has 25 heavy (non-hydrogen) atoms. The van der Waals surface area contributed by atoms with E-state index in [-0.39, 0.29) is 16.5 Å². The maximum Gasteiger partial charge on any atom is 0.374 e. The third kappa shape index (κ3) is 3.41. The first kappa shape index (κ1) is 16.8. The Morgan fingerprint density at radius 3 is 2.36 bits per heavy atom. The van der Waals surface area contributed by atoms with Crippen LogP contribution in [-0.2, 0) is 14.9 Å². The molecule has 1 N–H and O–H groups in total. The molecule has 0 aliphatic rings. The molecule has 0 atom stereocenters. The number of benzene rings is 2. The monoisotopic (exact) mass is 362 g/mol. The van der Waals surface area contributed by atoms with Crippen molar-refractivity contribution in [1.29, 1.82) is 0 Å². The second kappa shape index (κ2) is 6.44. The quantitative estimate of drug-likeness (QED) is 0.547. The van der Waals surface area contributed by atoms with Crippen molar-refractivity contribution in [3.63, 3.8) is 0 Å². The van der Waals surface area contributed by atoms with Crippen molar-refractivity contribution in [2.24, 2.45) is 0 Å². The smallest absolute Gasteiger partial charge is 0.374 e. The fraction of sp³-hybridized carbons (Fsp3) is 0.125. The number of fused-ring (bicyclic) bond motifs is 1. The molecule has 0 bridgehead atoms. The van der Waals surface area contributed by atoms with Crippen LogP contribution >= 0.6 is 0 Å². The third-order valence-corrected chi connectivity index (χ3v) is 4.65. The van der Waals surface area contributed by atoms with Gasteiger partial charge in [-0.3, -0.25) is 0 Å². The van der Waals surface area contributed by atoms with Crippen molar-refractivity contribution < 1.29 is 26.9 Å². The third-order valence-electron chi connectivity index (χ3n) is 3.39. The van der Waals surface area contributed by atoms with E-state index in [0.29, 0.717) is 16.8 Å². The molecule has 3 rings (SSSR count). The zero-order valence-corrected chi connectivity index (χ0v) is 14.2. The molecule has 0 aliphatic carbocycles. The lowest BCUT2D eigenvalue weighted by Crippen LogP contribution is -2.09. The minimum absolute atomic E-state index is 0.00624. The summed E-state index contributed by atoms with van der Waals surface area (Å²) in [7, 11) is -1.27. The van der Waals surface area contributed by atoms with E-state index in [4.69, 9.17) is 8.92 Å². The van der Waals surface area contributed by atoms with E-state index in [1.807, 2.05) is 0 Å². The van der Waals surface area contributed by atoms with Crippen molar-refractivity contribution in [2.45, 2.75) is 4.90 Å². The molecule has 0 spiro atoms. The van der Waals surface area contributed by atoms with Crippen LogP contribution < -0.4 is 8.92 Å². The molecule has 0 saturated carbocycles. The number of esters is 1. The summed E-state index contributed by atoms with van der Waals surface area (Å²) in [6, 6.07) is 10.3. The maximum absolute atomic E-state index is 12.3. The fourth-order valence-corrected chi connectivity index (χ4v) is 3.07. The van der Waals surface area contributed by atoms with Gasteiger partial charge in [0.25, 0.3) is 0 Å². The number of rotatable bonds is 5. The molecule has 0 fully saturated rings. The van der Waals surface area contributed by atoms with E-state index in [1.165, 1.54) is 56.7 Å². The lowest BCUT2D eigenvalue weighted by Gasteiger charge is -2.07. The number of hydrogen-bond acceptors (Lipinski definition) is 7. The highest BCUT2D eigenvalue weighted by atomic mass is 32.2. The first-order chi connectivity index (χ1) is 11.9. The molecule has 1 aromatic heterocycles. The molecule has 9 heteroatoms. The van der Waals surface area contributed by atoms with Gasteiger partial charge in [0, 0.05) is 6.07 Å². The molecule has 1 heterocycles. The molecule has 0 unspecified atom stereocenters. The molecule has 0 aliphatic heterocycles. The van der Waals surface area contributed by atoms with Crippen LogP contribution in [0.4, 0.5) is 0 Å². The second-order valence-corrected chi connectivity index (χ2v) is 6.52. The Labute approximate surface area is 143 Å². The highest BCUT2D eigenvalue weighted by Crippen LogP contribution is 2.24. The average Bonchev–Trinajstić information content (AvgIpc) is 3.04. The van der Waals surface area contributed by atoms with Crippen LogP contribution in [0.3, 0.4) is 0 Å². The minimum atomic E-state index is -4.00. The Kier molecular flexibility index (Phi) is 4.32. The number of aromatic amines is 1. The van der Waals surface area contributed by atoms with Crippen LogP contribution in [0.2, 0.25) is 0 Å². The standard InChI is InChI=1S/C16H14N2O6S/c1-22-10-3-6-12(7-4-10)25(20,21)24-11-5-8-13-14(9-11)18-15(17-13)16(19)23-2/h3-9H,1-2H3,(H,17,18). The Bertz CT molecular complexity index is 1020. The zero-order valence-electron chi connectivity index (χ0n) is 13.3. The highest BCUT2D eigenvalue weighted by molar-refractivity contribution is 7.87. The van der Waals surface area contributed by atoms with E-state index in [1.54, 1.807) is 0 Å². The van der Waals surface area contributed by atoms with Crippen molar-refractivity contribution in [3.05, 3.63) is 48.3 Å². The summed E-state index contributed by atoms with van der Waals surface area (Å²) in [5.74, 6) is 0.0220. The van der Waals surface area contributed by atoms with Gasteiger partial charge in [-0.15, -0.1) is 0 Å². The highest BCUT2D eigenvalue weighted by Gasteiger charge is 2.18. The Hall–Kier alpha value is -3.07. The number of hydrogen-bond donors (Lipinski definition) is 1. The van der Waals surface area contributed by atoms with Gasteiger partial charge < -0.3 is 18.6 Å². The summed E-state index contributed by atoms with van der Waals surface area (Å²) < 4.78 is 39.4. The number of H-pyrrole nitrogens is 1. The number of ether oxygens (including phenoxy) is 2. The largest absolute Gasteiger partial charge is 0.497 e. The van der Waals surface area contributed by atoms with Crippen molar-refractivity contribution >= 4 is 27.1 Å². The van der Waals surface area contributed by atoms with Crippen molar-refractivity contribution in [1.82, 2.24) is 9.97 Å². The number of methoxy groups -OCH3 is 2. The zero-order chi connectivity index (χ0) is 18.0. The summed E-state index contributed by atoms with van der Waals surface area (Å²) in [5.41, 5.74) is 0.928. The molecule has 3 aromatic rings. The van der Waals surface area contributed by atoms with Crippen LogP contribution in [0.15, 0.2) is 47.4 Å². The van der Waals surface area contributed by atoms with Gasteiger partial charge in [-0.2, -0.15) is 8.42 Å². The molecule has 2 aromatic carbocycles. The fourth-order valence-electron chi connectivity index (χ4n) is 2.15.